The Morgan fingerprint density at radius 3 is 2.90 bits per heavy atom. The fourth-order valence-electron chi connectivity index (χ4n) is 2.54. The van der Waals surface area contributed by atoms with Crippen LogP contribution in [0.1, 0.15) is 29.2 Å². The van der Waals surface area contributed by atoms with Crippen LogP contribution in [0.15, 0.2) is 36.4 Å². The van der Waals surface area contributed by atoms with Gasteiger partial charge in [-0.3, -0.25) is 0 Å². The zero-order valence-electron chi connectivity index (χ0n) is 10.9. The Kier molecular flexibility index (Phi) is 3.88. The van der Waals surface area contributed by atoms with Gasteiger partial charge in [0.15, 0.2) is 0 Å². The summed E-state index contributed by atoms with van der Waals surface area (Å²) in [6.45, 7) is 0.407. The van der Waals surface area contributed by atoms with Gasteiger partial charge in [0.2, 0.25) is 0 Å². The molecule has 104 valence electrons. The molecule has 4 heteroatoms. The maximum Gasteiger partial charge on any atom is 0.120 e. The molecule has 2 aromatic carbocycles. The molecular weight excluding hydrogens is 293 g/mol. The van der Waals surface area contributed by atoms with E-state index in [4.69, 9.17) is 33.7 Å². The molecule has 2 aromatic rings. The summed E-state index contributed by atoms with van der Waals surface area (Å²) in [4.78, 5) is 0. The molecular formula is C16H15Cl2NO. The minimum atomic E-state index is 0.168. The van der Waals surface area contributed by atoms with Gasteiger partial charge in [-0.1, -0.05) is 41.4 Å². The highest BCUT2D eigenvalue weighted by Gasteiger charge is 2.19. The molecule has 0 saturated heterocycles. The highest BCUT2D eigenvalue weighted by atomic mass is 35.5. The van der Waals surface area contributed by atoms with E-state index in [1.165, 1.54) is 11.1 Å². The van der Waals surface area contributed by atoms with E-state index in [0.29, 0.717) is 16.7 Å². The van der Waals surface area contributed by atoms with Crippen LogP contribution in [0.25, 0.3) is 0 Å². The summed E-state index contributed by atoms with van der Waals surface area (Å²) >= 11 is 12.1. The molecule has 2 N–H and O–H groups in total. The van der Waals surface area contributed by atoms with Crippen LogP contribution in [0, 0.1) is 0 Å². The van der Waals surface area contributed by atoms with E-state index in [1.807, 2.05) is 18.2 Å². The smallest absolute Gasteiger partial charge is 0.120 e. The summed E-state index contributed by atoms with van der Waals surface area (Å²) in [5.41, 5.74) is 9.43. The van der Waals surface area contributed by atoms with Crippen LogP contribution in [0.3, 0.4) is 0 Å². The lowest BCUT2D eigenvalue weighted by Gasteiger charge is -2.11. The number of nitrogens with two attached hydrogens (primary N) is 1. The average Bonchev–Trinajstić information content (AvgIpc) is 2.82. The molecule has 0 aliphatic heterocycles. The summed E-state index contributed by atoms with van der Waals surface area (Å²) < 4.78 is 5.80. The first kappa shape index (κ1) is 13.7. The molecule has 0 spiro atoms. The standard InChI is InChI=1S/C16H15Cl2NO/c17-14-3-1-2-11(16(14)18)9-20-12-5-6-13-10(8-12)4-7-15(13)19/h1-3,5-6,8,15H,4,7,9,19H2. The van der Waals surface area contributed by atoms with E-state index < -0.39 is 0 Å². The third kappa shape index (κ3) is 2.64. The van der Waals surface area contributed by atoms with E-state index in [9.17, 15) is 0 Å². The fraction of sp³-hybridized carbons (Fsp3) is 0.250. The summed E-state index contributed by atoms with van der Waals surface area (Å²) in [5.74, 6) is 0.842. The van der Waals surface area contributed by atoms with Crippen LogP contribution in [-0.4, -0.2) is 0 Å². The third-order valence-electron chi connectivity index (χ3n) is 3.66. The number of benzene rings is 2. The highest BCUT2D eigenvalue weighted by molar-refractivity contribution is 6.42. The summed E-state index contributed by atoms with van der Waals surface area (Å²) in [5, 5.41) is 1.10. The Morgan fingerprint density at radius 2 is 2.05 bits per heavy atom. The van der Waals surface area contributed by atoms with Crippen LogP contribution in [0.2, 0.25) is 10.0 Å². The van der Waals surface area contributed by atoms with Gasteiger partial charge in [0.25, 0.3) is 0 Å². The monoisotopic (exact) mass is 307 g/mol. The van der Waals surface area contributed by atoms with Gasteiger partial charge in [-0.05, 0) is 42.2 Å². The first-order valence-corrected chi connectivity index (χ1v) is 7.35. The van der Waals surface area contributed by atoms with E-state index in [0.717, 1.165) is 24.2 Å². The number of halogens is 2. The average molecular weight is 308 g/mol. The number of ether oxygens (including phenoxy) is 1. The van der Waals surface area contributed by atoms with Crippen molar-refractivity contribution in [2.24, 2.45) is 5.73 Å². The first-order valence-electron chi connectivity index (χ1n) is 6.59. The molecule has 0 amide bonds. The maximum absolute atomic E-state index is 6.14. The van der Waals surface area contributed by atoms with Gasteiger partial charge in [-0.25, -0.2) is 0 Å². The predicted octanol–water partition coefficient (Wildman–Crippen LogP) is 4.52. The van der Waals surface area contributed by atoms with Crippen molar-refractivity contribution in [3.63, 3.8) is 0 Å². The van der Waals surface area contributed by atoms with Crippen molar-refractivity contribution in [3.8, 4) is 5.75 Å². The van der Waals surface area contributed by atoms with Crippen LogP contribution < -0.4 is 10.5 Å². The molecule has 0 radical (unpaired) electrons. The molecule has 1 atom stereocenters. The van der Waals surface area contributed by atoms with E-state index in [-0.39, 0.29) is 6.04 Å². The van der Waals surface area contributed by atoms with Crippen LogP contribution in [0.5, 0.6) is 5.75 Å². The predicted molar refractivity (Wildman–Crippen MR) is 82.5 cm³/mol. The lowest BCUT2D eigenvalue weighted by atomic mass is 10.1. The second-order valence-corrected chi connectivity index (χ2v) is 5.79. The third-order valence-corrected chi connectivity index (χ3v) is 4.52. The maximum atomic E-state index is 6.14. The Hall–Kier alpha value is -1.22. The Balaban J connectivity index is 1.74. The number of hydrogen-bond donors (Lipinski definition) is 1. The highest BCUT2D eigenvalue weighted by Crippen LogP contribution is 2.32. The van der Waals surface area contributed by atoms with Crippen molar-refractivity contribution >= 4 is 23.2 Å². The fourth-order valence-corrected chi connectivity index (χ4v) is 2.91. The SMILES string of the molecule is NC1CCc2cc(OCc3cccc(Cl)c3Cl)ccc21. The molecule has 3 rings (SSSR count). The van der Waals surface area contributed by atoms with Crippen molar-refractivity contribution < 1.29 is 4.74 Å². The molecule has 20 heavy (non-hydrogen) atoms. The van der Waals surface area contributed by atoms with Crippen molar-refractivity contribution in [2.45, 2.75) is 25.5 Å². The van der Waals surface area contributed by atoms with Crippen molar-refractivity contribution in [1.82, 2.24) is 0 Å². The summed E-state index contributed by atoms with van der Waals surface area (Å²) in [6, 6.07) is 11.8. The van der Waals surface area contributed by atoms with Gasteiger partial charge in [-0.2, -0.15) is 0 Å². The molecule has 1 aliphatic carbocycles. The number of rotatable bonds is 3. The lowest BCUT2D eigenvalue weighted by molar-refractivity contribution is 0.306. The van der Waals surface area contributed by atoms with E-state index in [1.54, 1.807) is 6.07 Å². The van der Waals surface area contributed by atoms with Gasteiger partial charge in [-0.15, -0.1) is 0 Å². The normalized spacial score (nSPS) is 17.1. The van der Waals surface area contributed by atoms with E-state index in [2.05, 4.69) is 12.1 Å². The summed E-state index contributed by atoms with van der Waals surface area (Å²) in [6.07, 6.45) is 2.03. The van der Waals surface area contributed by atoms with E-state index >= 15 is 0 Å². The van der Waals surface area contributed by atoms with Crippen molar-refractivity contribution in [2.75, 3.05) is 0 Å². The number of aryl methyl sites for hydroxylation is 1. The Bertz CT molecular complexity index is 642. The zero-order valence-corrected chi connectivity index (χ0v) is 12.4. The van der Waals surface area contributed by atoms with Crippen molar-refractivity contribution in [1.29, 1.82) is 0 Å². The molecule has 0 saturated carbocycles. The topological polar surface area (TPSA) is 35.2 Å². The first-order chi connectivity index (χ1) is 9.65. The van der Waals surface area contributed by atoms with Crippen LogP contribution in [-0.2, 0) is 13.0 Å². The largest absolute Gasteiger partial charge is 0.489 e. The van der Waals surface area contributed by atoms with Gasteiger partial charge in [0.1, 0.15) is 12.4 Å². The quantitative estimate of drug-likeness (QED) is 0.905. The minimum absolute atomic E-state index is 0.168. The number of fused-ring (bicyclic) bond motifs is 1. The molecule has 0 heterocycles. The molecule has 1 aliphatic rings. The lowest BCUT2D eigenvalue weighted by Crippen LogP contribution is -2.05. The van der Waals surface area contributed by atoms with Crippen LogP contribution >= 0.6 is 23.2 Å². The molecule has 1 unspecified atom stereocenters. The minimum Gasteiger partial charge on any atom is -0.489 e. The molecule has 2 nitrogen and oxygen atoms in total. The molecule has 0 fully saturated rings. The summed E-state index contributed by atoms with van der Waals surface area (Å²) in [7, 11) is 0. The Morgan fingerprint density at radius 1 is 1.20 bits per heavy atom. The van der Waals surface area contributed by atoms with Gasteiger partial charge in [0.05, 0.1) is 10.0 Å². The molecule has 0 aromatic heterocycles. The number of hydrogen-bond acceptors (Lipinski definition) is 2. The van der Waals surface area contributed by atoms with Gasteiger partial charge >= 0.3 is 0 Å². The second-order valence-electron chi connectivity index (χ2n) is 5.01. The van der Waals surface area contributed by atoms with Crippen LogP contribution in [0.4, 0.5) is 0 Å². The Labute approximate surface area is 128 Å². The zero-order chi connectivity index (χ0) is 14.1. The van der Waals surface area contributed by atoms with Crippen molar-refractivity contribution in [3.05, 3.63) is 63.1 Å². The second kappa shape index (κ2) is 5.65. The van der Waals surface area contributed by atoms with Gasteiger partial charge in [0, 0.05) is 11.6 Å². The molecule has 0 bridgehead atoms. The van der Waals surface area contributed by atoms with Gasteiger partial charge < -0.3 is 10.5 Å².